The molecular formula is C28H28N4O2. The maximum atomic E-state index is 12.5. The lowest BCUT2D eigenvalue weighted by molar-refractivity contribution is 0.0525. The third-order valence-corrected chi connectivity index (χ3v) is 6.85. The predicted molar refractivity (Wildman–Crippen MR) is 131 cm³/mol. The van der Waals surface area contributed by atoms with E-state index in [9.17, 15) is 4.79 Å². The van der Waals surface area contributed by atoms with Crippen molar-refractivity contribution in [1.29, 1.82) is 0 Å². The zero-order valence-corrected chi connectivity index (χ0v) is 19.4. The Morgan fingerprint density at radius 2 is 1.62 bits per heavy atom. The first-order valence-electron chi connectivity index (χ1n) is 12.2. The van der Waals surface area contributed by atoms with E-state index in [4.69, 9.17) is 9.84 Å². The minimum atomic E-state index is -0.290. The van der Waals surface area contributed by atoms with Gasteiger partial charge in [-0.3, -0.25) is 0 Å². The average Bonchev–Trinajstić information content (AvgIpc) is 3.46. The van der Waals surface area contributed by atoms with E-state index in [2.05, 4.69) is 52.2 Å². The molecule has 172 valence electrons. The smallest absolute Gasteiger partial charge is 0.341 e. The highest BCUT2D eigenvalue weighted by Crippen LogP contribution is 2.43. The van der Waals surface area contributed by atoms with Crippen molar-refractivity contribution in [1.82, 2.24) is 19.6 Å². The molecule has 2 aliphatic rings. The van der Waals surface area contributed by atoms with Crippen LogP contribution in [0.2, 0.25) is 0 Å². The van der Waals surface area contributed by atoms with Gasteiger partial charge in [0.15, 0.2) is 0 Å². The topological polar surface area (TPSA) is 61.9 Å². The minimum absolute atomic E-state index is 0.290. The number of hydrogen-bond donors (Lipinski definition) is 0. The zero-order chi connectivity index (χ0) is 23.1. The van der Waals surface area contributed by atoms with Gasteiger partial charge in [-0.2, -0.15) is 10.2 Å². The first-order chi connectivity index (χ1) is 16.7. The second kappa shape index (κ2) is 8.60. The Bertz CT molecular complexity index is 1360. The van der Waals surface area contributed by atoms with Crippen LogP contribution in [-0.4, -0.2) is 32.1 Å². The van der Waals surface area contributed by atoms with Gasteiger partial charge in [-0.25, -0.2) is 14.2 Å². The summed E-state index contributed by atoms with van der Waals surface area (Å²) in [7, 11) is 0. The van der Waals surface area contributed by atoms with Gasteiger partial charge in [0.2, 0.25) is 0 Å². The summed E-state index contributed by atoms with van der Waals surface area (Å²) in [5.41, 5.74) is 8.55. The number of hydrogen-bond acceptors (Lipinski definition) is 4. The third-order valence-electron chi connectivity index (χ3n) is 6.85. The van der Waals surface area contributed by atoms with Crippen LogP contribution in [0.3, 0.4) is 0 Å². The Kier molecular flexibility index (Phi) is 5.28. The normalized spacial score (nSPS) is 15.2. The molecule has 0 aliphatic heterocycles. The van der Waals surface area contributed by atoms with Crippen molar-refractivity contribution >= 4 is 5.97 Å². The maximum Gasteiger partial charge on any atom is 0.341 e. The van der Waals surface area contributed by atoms with Crippen LogP contribution < -0.4 is 0 Å². The molecule has 0 atom stereocenters. The summed E-state index contributed by atoms with van der Waals surface area (Å²) < 4.78 is 9.30. The lowest BCUT2D eigenvalue weighted by atomic mass is 9.98. The molecule has 2 aromatic carbocycles. The molecule has 4 aromatic rings. The second-order valence-corrected chi connectivity index (χ2v) is 9.19. The fourth-order valence-electron chi connectivity index (χ4n) is 5.03. The van der Waals surface area contributed by atoms with Crippen LogP contribution in [0, 0.1) is 0 Å². The molecule has 0 spiro atoms. The van der Waals surface area contributed by atoms with Crippen molar-refractivity contribution in [3.8, 4) is 22.5 Å². The molecule has 0 amide bonds. The van der Waals surface area contributed by atoms with E-state index in [1.807, 2.05) is 23.9 Å². The van der Waals surface area contributed by atoms with E-state index in [0.717, 1.165) is 53.9 Å². The summed E-state index contributed by atoms with van der Waals surface area (Å²) >= 11 is 0. The van der Waals surface area contributed by atoms with Crippen LogP contribution in [-0.2, 0) is 17.6 Å². The SMILES string of the molecule is CCOC(=O)c1cnn(-c2cccc(-c3cccc(-n4ncc5c4CCCC5)c3)c2)c1C1CC1. The number of fused-ring (bicyclic) bond motifs is 1. The van der Waals surface area contributed by atoms with Crippen molar-refractivity contribution in [2.75, 3.05) is 6.61 Å². The first-order valence-corrected chi connectivity index (χ1v) is 12.2. The molecule has 34 heavy (non-hydrogen) atoms. The number of esters is 1. The van der Waals surface area contributed by atoms with Gasteiger partial charge in [0, 0.05) is 11.6 Å². The van der Waals surface area contributed by atoms with Gasteiger partial charge >= 0.3 is 5.97 Å². The fraction of sp³-hybridized carbons (Fsp3) is 0.321. The molecule has 6 nitrogen and oxygen atoms in total. The highest BCUT2D eigenvalue weighted by molar-refractivity contribution is 5.91. The summed E-state index contributed by atoms with van der Waals surface area (Å²) in [4.78, 5) is 12.5. The van der Waals surface area contributed by atoms with Crippen molar-refractivity contribution < 1.29 is 9.53 Å². The quantitative estimate of drug-likeness (QED) is 0.354. The number of ether oxygens (including phenoxy) is 1. The van der Waals surface area contributed by atoms with Gasteiger partial charge in [-0.1, -0.05) is 24.3 Å². The molecule has 0 bridgehead atoms. The van der Waals surface area contributed by atoms with E-state index in [-0.39, 0.29) is 5.97 Å². The molecule has 1 saturated carbocycles. The molecule has 6 rings (SSSR count). The zero-order valence-electron chi connectivity index (χ0n) is 19.4. The number of aromatic nitrogens is 4. The molecule has 2 aliphatic carbocycles. The number of carbonyl (C=O) groups excluding carboxylic acids is 1. The Morgan fingerprint density at radius 3 is 2.32 bits per heavy atom. The van der Waals surface area contributed by atoms with Crippen molar-refractivity contribution in [3.63, 3.8) is 0 Å². The van der Waals surface area contributed by atoms with Crippen molar-refractivity contribution in [2.24, 2.45) is 0 Å². The monoisotopic (exact) mass is 452 g/mol. The molecule has 2 heterocycles. The number of benzene rings is 2. The van der Waals surface area contributed by atoms with E-state index in [1.54, 1.807) is 6.20 Å². The van der Waals surface area contributed by atoms with Gasteiger partial charge < -0.3 is 4.74 Å². The van der Waals surface area contributed by atoms with Gasteiger partial charge in [0.1, 0.15) is 5.56 Å². The molecule has 0 unspecified atom stereocenters. The van der Waals surface area contributed by atoms with Crippen LogP contribution in [0.15, 0.2) is 60.9 Å². The largest absolute Gasteiger partial charge is 0.462 e. The van der Waals surface area contributed by atoms with E-state index < -0.39 is 0 Å². The molecule has 0 radical (unpaired) electrons. The molecule has 2 aromatic heterocycles. The van der Waals surface area contributed by atoms with E-state index in [1.165, 1.54) is 24.1 Å². The lowest BCUT2D eigenvalue weighted by Crippen LogP contribution is -2.09. The Morgan fingerprint density at radius 1 is 0.941 bits per heavy atom. The van der Waals surface area contributed by atoms with Crippen LogP contribution in [0.25, 0.3) is 22.5 Å². The molecule has 1 fully saturated rings. The summed E-state index contributed by atoms with van der Waals surface area (Å²) in [5.74, 6) is 0.0712. The van der Waals surface area contributed by atoms with Crippen LogP contribution >= 0.6 is 0 Å². The second-order valence-electron chi connectivity index (χ2n) is 9.19. The molecular weight excluding hydrogens is 424 g/mol. The van der Waals surface area contributed by atoms with Crippen molar-refractivity contribution in [2.45, 2.75) is 51.4 Å². The molecule has 0 saturated heterocycles. The van der Waals surface area contributed by atoms with Crippen LogP contribution in [0.5, 0.6) is 0 Å². The van der Waals surface area contributed by atoms with Gasteiger partial charge in [-0.15, -0.1) is 0 Å². The summed E-state index contributed by atoms with van der Waals surface area (Å²) in [5, 5.41) is 9.29. The lowest BCUT2D eigenvalue weighted by Gasteiger charge is -2.15. The first kappa shape index (κ1) is 20.9. The van der Waals surface area contributed by atoms with E-state index in [0.29, 0.717) is 18.1 Å². The number of rotatable bonds is 6. The summed E-state index contributed by atoms with van der Waals surface area (Å²) in [6.07, 6.45) is 10.5. The molecule has 0 N–H and O–H groups in total. The fourth-order valence-corrected chi connectivity index (χ4v) is 5.03. The van der Waals surface area contributed by atoms with Gasteiger partial charge in [-0.05, 0) is 86.4 Å². The van der Waals surface area contributed by atoms with Gasteiger partial charge in [0.25, 0.3) is 0 Å². The summed E-state index contributed by atoms with van der Waals surface area (Å²) in [6.45, 7) is 2.19. The Hall–Kier alpha value is -3.67. The highest BCUT2D eigenvalue weighted by Gasteiger charge is 2.33. The van der Waals surface area contributed by atoms with Crippen LogP contribution in [0.1, 0.15) is 65.8 Å². The van der Waals surface area contributed by atoms with Crippen LogP contribution in [0.4, 0.5) is 0 Å². The highest BCUT2D eigenvalue weighted by atomic mass is 16.5. The average molecular weight is 453 g/mol. The Labute approximate surface area is 199 Å². The molecule has 6 heteroatoms. The predicted octanol–water partition coefficient (Wildman–Crippen LogP) is 5.66. The van der Waals surface area contributed by atoms with Gasteiger partial charge in [0.05, 0.1) is 36.1 Å². The van der Waals surface area contributed by atoms with Crippen molar-refractivity contribution in [3.05, 3.63) is 83.4 Å². The third kappa shape index (κ3) is 3.73. The maximum absolute atomic E-state index is 12.5. The minimum Gasteiger partial charge on any atom is -0.462 e. The number of carbonyl (C=O) groups is 1. The van der Waals surface area contributed by atoms with E-state index >= 15 is 0 Å². The Balaban J connectivity index is 1.37. The standard InChI is InChI=1S/C28H28N4O2/c1-2-34-28(33)25-18-30-32(27(25)19-13-14-19)24-11-6-9-21(16-24)20-8-5-10-23(15-20)31-26-12-4-3-7-22(26)17-29-31/h5-6,8-11,15-19H,2-4,7,12-14H2,1H3. The number of aryl methyl sites for hydroxylation is 1. The summed E-state index contributed by atoms with van der Waals surface area (Å²) in [6, 6.07) is 16.9. The number of nitrogens with zero attached hydrogens (tertiary/aromatic N) is 4.